The molecule has 0 saturated heterocycles. The second-order valence-electron chi connectivity index (χ2n) is 5.95. The molecule has 0 aromatic heterocycles. The van der Waals surface area contributed by atoms with Crippen LogP contribution in [0.3, 0.4) is 0 Å². The molecular weight excluding hydrogens is 256 g/mol. The van der Waals surface area contributed by atoms with E-state index in [1.807, 2.05) is 20.8 Å². The van der Waals surface area contributed by atoms with Crippen molar-refractivity contribution in [3.05, 3.63) is 0 Å². The van der Waals surface area contributed by atoms with Gasteiger partial charge in [-0.25, -0.2) is 4.79 Å². The van der Waals surface area contributed by atoms with Crippen LogP contribution in [-0.2, 0) is 9.47 Å². The van der Waals surface area contributed by atoms with E-state index in [0.29, 0.717) is 6.54 Å². The molecule has 0 spiro atoms. The van der Waals surface area contributed by atoms with Gasteiger partial charge in [-0.2, -0.15) is 0 Å². The molecular formula is C15H32N2O3. The van der Waals surface area contributed by atoms with Crippen LogP contribution in [-0.4, -0.2) is 38.0 Å². The zero-order chi connectivity index (χ0) is 15.3. The molecule has 3 N–H and O–H groups in total. The number of hydrogen-bond donors (Lipinski definition) is 2. The number of nitrogens with one attached hydrogen (secondary N) is 1. The third-order valence-electron chi connectivity index (χ3n) is 2.63. The lowest BCUT2D eigenvalue weighted by molar-refractivity contribution is 0.0526. The first-order chi connectivity index (χ1) is 9.45. The number of carbonyl (C=O) groups is 1. The summed E-state index contributed by atoms with van der Waals surface area (Å²) >= 11 is 0. The fraction of sp³-hybridized carbons (Fsp3) is 0.933. The quantitative estimate of drug-likeness (QED) is 0.573. The molecule has 0 heterocycles. The van der Waals surface area contributed by atoms with Crippen LogP contribution in [0.1, 0.15) is 59.3 Å². The van der Waals surface area contributed by atoms with Crippen LogP contribution in [0.4, 0.5) is 4.79 Å². The minimum absolute atomic E-state index is 0.339. The molecule has 5 heteroatoms. The number of carbonyl (C=O) groups excluding carboxylic acids is 1. The number of hydrogen-bond acceptors (Lipinski definition) is 4. The third kappa shape index (κ3) is 15.2. The Morgan fingerprint density at radius 3 is 2.15 bits per heavy atom. The maximum Gasteiger partial charge on any atom is 0.407 e. The van der Waals surface area contributed by atoms with Crippen molar-refractivity contribution in [1.29, 1.82) is 0 Å². The van der Waals surface area contributed by atoms with E-state index in [1.165, 1.54) is 0 Å². The van der Waals surface area contributed by atoms with Crippen molar-refractivity contribution in [3.63, 3.8) is 0 Å². The van der Waals surface area contributed by atoms with Gasteiger partial charge in [-0.1, -0.05) is 0 Å². The first kappa shape index (κ1) is 19.2. The van der Waals surface area contributed by atoms with E-state index >= 15 is 0 Å². The van der Waals surface area contributed by atoms with Gasteiger partial charge in [-0.3, -0.25) is 0 Å². The molecule has 120 valence electrons. The van der Waals surface area contributed by atoms with Gasteiger partial charge in [0.2, 0.25) is 0 Å². The molecule has 0 unspecified atom stereocenters. The molecule has 0 aromatic rings. The van der Waals surface area contributed by atoms with Crippen LogP contribution in [0.15, 0.2) is 0 Å². The van der Waals surface area contributed by atoms with Crippen molar-refractivity contribution >= 4 is 6.09 Å². The predicted molar refractivity (Wildman–Crippen MR) is 81.8 cm³/mol. The van der Waals surface area contributed by atoms with E-state index in [9.17, 15) is 4.79 Å². The van der Waals surface area contributed by atoms with E-state index in [4.69, 9.17) is 15.2 Å². The zero-order valence-electron chi connectivity index (χ0n) is 13.4. The Bertz CT molecular complexity index is 240. The standard InChI is InChI=1S/C15H32N2O3/c1-15(2,3)20-14(18)17-11-7-5-9-13-19-12-8-4-6-10-16/h4-13,16H2,1-3H3,(H,17,18). The predicted octanol–water partition coefficient (Wildman–Crippen LogP) is 2.83. The molecule has 0 atom stereocenters. The Hall–Kier alpha value is -0.810. The highest BCUT2D eigenvalue weighted by Crippen LogP contribution is 2.06. The molecule has 0 saturated carbocycles. The molecule has 0 aliphatic heterocycles. The summed E-state index contributed by atoms with van der Waals surface area (Å²) in [6.45, 7) is 8.63. The number of amides is 1. The van der Waals surface area contributed by atoms with E-state index in [2.05, 4.69) is 5.32 Å². The fourth-order valence-electron chi connectivity index (χ4n) is 1.64. The summed E-state index contributed by atoms with van der Waals surface area (Å²) in [6.07, 6.45) is 6.03. The minimum atomic E-state index is -0.429. The number of unbranched alkanes of at least 4 members (excludes halogenated alkanes) is 4. The first-order valence-corrected chi connectivity index (χ1v) is 7.70. The van der Waals surface area contributed by atoms with E-state index in [1.54, 1.807) is 0 Å². The Morgan fingerprint density at radius 2 is 1.60 bits per heavy atom. The SMILES string of the molecule is CC(C)(C)OC(=O)NCCCCCOCCCCCN. The van der Waals surface area contributed by atoms with Crippen LogP contribution in [0.5, 0.6) is 0 Å². The normalized spacial score (nSPS) is 11.4. The topological polar surface area (TPSA) is 73.6 Å². The Morgan fingerprint density at radius 1 is 1.00 bits per heavy atom. The van der Waals surface area contributed by atoms with Crippen LogP contribution in [0, 0.1) is 0 Å². The lowest BCUT2D eigenvalue weighted by Crippen LogP contribution is -2.33. The molecule has 20 heavy (non-hydrogen) atoms. The molecule has 0 fully saturated rings. The number of ether oxygens (including phenoxy) is 2. The van der Waals surface area contributed by atoms with Crippen LogP contribution in [0.25, 0.3) is 0 Å². The fourth-order valence-corrected chi connectivity index (χ4v) is 1.64. The van der Waals surface area contributed by atoms with Gasteiger partial charge in [0.05, 0.1) is 0 Å². The highest BCUT2D eigenvalue weighted by atomic mass is 16.6. The summed E-state index contributed by atoms with van der Waals surface area (Å²) in [7, 11) is 0. The van der Waals surface area contributed by atoms with Gasteiger partial charge in [0, 0.05) is 19.8 Å². The average molecular weight is 288 g/mol. The second-order valence-corrected chi connectivity index (χ2v) is 5.95. The second kappa shape index (κ2) is 12.0. The van der Waals surface area contributed by atoms with Gasteiger partial charge in [-0.05, 0) is 65.8 Å². The highest BCUT2D eigenvalue weighted by molar-refractivity contribution is 5.67. The van der Waals surface area contributed by atoms with Gasteiger partial charge in [-0.15, -0.1) is 0 Å². The van der Waals surface area contributed by atoms with Crippen LogP contribution in [0.2, 0.25) is 0 Å². The van der Waals surface area contributed by atoms with Crippen molar-refractivity contribution in [3.8, 4) is 0 Å². The van der Waals surface area contributed by atoms with Crippen molar-refractivity contribution in [2.75, 3.05) is 26.3 Å². The smallest absolute Gasteiger partial charge is 0.407 e. The van der Waals surface area contributed by atoms with Crippen molar-refractivity contribution in [2.45, 2.75) is 64.9 Å². The zero-order valence-corrected chi connectivity index (χ0v) is 13.4. The van der Waals surface area contributed by atoms with Crippen LogP contribution < -0.4 is 11.1 Å². The third-order valence-corrected chi connectivity index (χ3v) is 2.63. The van der Waals surface area contributed by atoms with Crippen LogP contribution >= 0.6 is 0 Å². The Balaban J connectivity index is 3.19. The summed E-state index contributed by atoms with van der Waals surface area (Å²) < 4.78 is 10.7. The number of nitrogens with two attached hydrogens (primary N) is 1. The molecule has 5 nitrogen and oxygen atoms in total. The monoisotopic (exact) mass is 288 g/mol. The molecule has 0 aromatic carbocycles. The average Bonchev–Trinajstić information content (AvgIpc) is 2.34. The molecule has 1 amide bonds. The van der Waals surface area contributed by atoms with E-state index in [0.717, 1.165) is 58.3 Å². The number of rotatable bonds is 11. The number of alkyl carbamates (subject to hydrolysis) is 1. The molecule has 0 radical (unpaired) electrons. The minimum Gasteiger partial charge on any atom is -0.444 e. The Labute approximate surface area is 123 Å². The van der Waals surface area contributed by atoms with Crippen molar-refractivity contribution in [1.82, 2.24) is 5.32 Å². The van der Waals surface area contributed by atoms with E-state index < -0.39 is 5.60 Å². The molecule has 0 bridgehead atoms. The Kier molecular flexibility index (Phi) is 11.5. The molecule has 0 rings (SSSR count). The van der Waals surface area contributed by atoms with Gasteiger partial charge in [0.15, 0.2) is 0 Å². The maximum atomic E-state index is 11.4. The van der Waals surface area contributed by atoms with Crippen molar-refractivity contribution in [2.24, 2.45) is 5.73 Å². The van der Waals surface area contributed by atoms with Gasteiger partial charge in [0.1, 0.15) is 5.60 Å². The van der Waals surface area contributed by atoms with Gasteiger partial charge >= 0.3 is 6.09 Å². The maximum absolute atomic E-state index is 11.4. The summed E-state index contributed by atoms with van der Waals surface area (Å²) in [5.41, 5.74) is 4.98. The van der Waals surface area contributed by atoms with Crippen molar-refractivity contribution < 1.29 is 14.3 Å². The largest absolute Gasteiger partial charge is 0.444 e. The van der Waals surface area contributed by atoms with Gasteiger partial charge in [0.25, 0.3) is 0 Å². The molecule has 0 aliphatic carbocycles. The summed E-state index contributed by atoms with van der Waals surface area (Å²) in [6, 6.07) is 0. The lowest BCUT2D eigenvalue weighted by Gasteiger charge is -2.19. The summed E-state index contributed by atoms with van der Waals surface area (Å²) in [5, 5.41) is 2.75. The highest BCUT2D eigenvalue weighted by Gasteiger charge is 2.15. The first-order valence-electron chi connectivity index (χ1n) is 7.70. The molecule has 0 aliphatic rings. The summed E-state index contributed by atoms with van der Waals surface area (Å²) in [5.74, 6) is 0. The lowest BCUT2D eigenvalue weighted by atomic mass is 10.2. The van der Waals surface area contributed by atoms with E-state index in [-0.39, 0.29) is 6.09 Å². The van der Waals surface area contributed by atoms with Gasteiger partial charge < -0.3 is 20.5 Å². The summed E-state index contributed by atoms with van der Waals surface area (Å²) in [4.78, 5) is 11.4.